The predicted molar refractivity (Wildman–Crippen MR) is 77.7 cm³/mol. The molecule has 20 heavy (non-hydrogen) atoms. The Labute approximate surface area is 126 Å². The van der Waals surface area contributed by atoms with Gasteiger partial charge >= 0.3 is 0 Å². The van der Waals surface area contributed by atoms with Gasteiger partial charge in [-0.05, 0) is 53.4 Å². The summed E-state index contributed by atoms with van der Waals surface area (Å²) < 4.78 is 11.6. The van der Waals surface area contributed by atoms with Crippen LogP contribution < -0.4 is 20.1 Å². The molecule has 0 aromatic heterocycles. The molecule has 108 valence electrons. The van der Waals surface area contributed by atoms with Gasteiger partial charge in [0.15, 0.2) is 11.5 Å². The zero-order chi connectivity index (χ0) is 14.1. The van der Waals surface area contributed by atoms with Crippen LogP contribution in [-0.2, 0) is 11.3 Å². The smallest absolute Gasteiger partial charge is 0.237 e. The molecule has 5 nitrogen and oxygen atoms in total. The summed E-state index contributed by atoms with van der Waals surface area (Å²) in [4.78, 5) is 11.8. The number of amides is 1. The van der Waals surface area contributed by atoms with Crippen molar-refractivity contribution in [2.45, 2.75) is 38.4 Å². The van der Waals surface area contributed by atoms with E-state index in [0.29, 0.717) is 12.6 Å². The molecule has 1 fully saturated rings. The topological polar surface area (TPSA) is 59.6 Å². The minimum Gasteiger partial charge on any atom is -0.454 e. The zero-order valence-corrected chi connectivity index (χ0v) is 12.8. The molecule has 1 atom stereocenters. The van der Waals surface area contributed by atoms with E-state index >= 15 is 0 Å². The lowest BCUT2D eigenvalue weighted by atomic mass is 10.2. The molecular formula is C14H17BrN2O3. The molecule has 2 N–H and O–H groups in total. The minimum atomic E-state index is -0.209. The fourth-order valence-electron chi connectivity index (χ4n) is 2.04. The van der Waals surface area contributed by atoms with Gasteiger partial charge in [0.25, 0.3) is 0 Å². The van der Waals surface area contributed by atoms with Gasteiger partial charge in [-0.1, -0.05) is 0 Å². The van der Waals surface area contributed by atoms with Crippen LogP contribution in [0.3, 0.4) is 0 Å². The number of carbonyl (C=O) groups excluding carboxylic acids is 1. The van der Waals surface area contributed by atoms with E-state index < -0.39 is 0 Å². The number of carbonyl (C=O) groups is 1. The Morgan fingerprint density at radius 2 is 2.25 bits per heavy atom. The van der Waals surface area contributed by atoms with E-state index in [0.717, 1.165) is 34.4 Å². The first-order chi connectivity index (χ1) is 9.63. The van der Waals surface area contributed by atoms with Crippen molar-refractivity contribution in [3.8, 4) is 11.5 Å². The van der Waals surface area contributed by atoms with E-state index in [1.54, 1.807) is 0 Å². The molecule has 1 aliphatic heterocycles. The Balaban J connectivity index is 1.57. The highest BCUT2D eigenvalue weighted by Gasteiger charge is 2.25. The number of nitrogens with one attached hydrogen (secondary N) is 2. The second-order valence-electron chi connectivity index (χ2n) is 5.20. The number of ether oxygens (including phenoxy) is 2. The van der Waals surface area contributed by atoms with Crippen LogP contribution in [0.4, 0.5) is 0 Å². The van der Waals surface area contributed by atoms with E-state index in [1.807, 2.05) is 19.1 Å². The maximum atomic E-state index is 11.8. The molecule has 0 saturated heterocycles. The van der Waals surface area contributed by atoms with Crippen LogP contribution in [0.1, 0.15) is 25.3 Å². The van der Waals surface area contributed by atoms with Gasteiger partial charge in [-0.2, -0.15) is 0 Å². The van der Waals surface area contributed by atoms with Gasteiger partial charge in [0.2, 0.25) is 12.7 Å². The largest absolute Gasteiger partial charge is 0.454 e. The molecule has 1 heterocycles. The summed E-state index contributed by atoms with van der Waals surface area (Å²) in [5.74, 6) is 1.55. The number of hydrogen-bond acceptors (Lipinski definition) is 4. The molecule has 0 spiro atoms. The van der Waals surface area contributed by atoms with Gasteiger partial charge in [0.05, 0.1) is 10.5 Å². The van der Waals surface area contributed by atoms with E-state index in [1.165, 1.54) is 0 Å². The molecule has 1 aliphatic carbocycles. The SMILES string of the molecule is CC(NCc1cc(Br)c2c(c1)OCO2)C(=O)NC1CC1. The summed E-state index contributed by atoms with van der Waals surface area (Å²) >= 11 is 3.46. The van der Waals surface area contributed by atoms with Gasteiger partial charge < -0.3 is 20.1 Å². The van der Waals surface area contributed by atoms with Gasteiger partial charge in [0, 0.05) is 12.6 Å². The lowest BCUT2D eigenvalue weighted by molar-refractivity contribution is -0.122. The summed E-state index contributed by atoms with van der Waals surface area (Å²) in [5, 5.41) is 6.21. The maximum absolute atomic E-state index is 11.8. The standard InChI is InChI=1S/C14H17BrN2O3/c1-8(14(18)17-10-2-3-10)16-6-9-4-11(15)13-12(5-9)19-7-20-13/h4-5,8,10,16H,2-3,6-7H2,1H3,(H,17,18). The molecule has 3 rings (SSSR count). The number of hydrogen-bond donors (Lipinski definition) is 2. The molecular weight excluding hydrogens is 324 g/mol. The highest BCUT2D eigenvalue weighted by molar-refractivity contribution is 9.10. The fourth-order valence-corrected chi connectivity index (χ4v) is 2.64. The molecule has 0 bridgehead atoms. The van der Waals surface area contributed by atoms with Crippen LogP contribution in [0.25, 0.3) is 0 Å². The van der Waals surface area contributed by atoms with Crippen LogP contribution in [0.15, 0.2) is 16.6 Å². The zero-order valence-electron chi connectivity index (χ0n) is 11.2. The quantitative estimate of drug-likeness (QED) is 0.859. The normalized spacial score (nSPS) is 17.9. The maximum Gasteiger partial charge on any atom is 0.237 e. The van der Waals surface area contributed by atoms with Crippen molar-refractivity contribution < 1.29 is 14.3 Å². The molecule has 2 aliphatic rings. The average Bonchev–Trinajstić information content (AvgIpc) is 3.10. The summed E-state index contributed by atoms with van der Waals surface area (Å²) in [6.45, 7) is 2.74. The number of benzene rings is 1. The van der Waals surface area contributed by atoms with Gasteiger partial charge in [-0.15, -0.1) is 0 Å². The number of fused-ring (bicyclic) bond motifs is 1. The van der Waals surface area contributed by atoms with Crippen LogP contribution in [0.5, 0.6) is 11.5 Å². The van der Waals surface area contributed by atoms with Crippen LogP contribution >= 0.6 is 15.9 Å². The number of halogens is 1. The van der Waals surface area contributed by atoms with E-state index in [9.17, 15) is 4.79 Å². The Kier molecular flexibility index (Phi) is 3.85. The monoisotopic (exact) mass is 340 g/mol. The summed E-state index contributed by atoms with van der Waals surface area (Å²) in [6.07, 6.45) is 2.21. The Morgan fingerprint density at radius 1 is 1.45 bits per heavy atom. The van der Waals surface area contributed by atoms with E-state index in [-0.39, 0.29) is 18.7 Å². The van der Waals surface area contributed by atoms with Gasteiger partial charge in [0.1, 0.15) is 0 Å². The molecule has 1 aromatic rings. The molecule has 1 unspecified atom stereocenters. The Bertz CT molecular complexity index is 531. The van der Waals surface area contributed by atoms with Crippen molar-refractivity contribution in [2.75, 3.05) is 6.79 Å². The summed E-state index contributed by atoms with van der Waals surface area (Å²) in [7, 11) is 0. The van der Waals surface area contributed by atoms with Crippen molar-refractivity contribution in [3.05, 3.63) is 22.2 Å². The molecule has 1 saturated carbocycles. The van der Waals surface area contributed by atoms with Crippen molar-refractivity contribution in [1.29, 1.82) is 0 Å². The summed E-state index contributed by atoms with van der Waals surface area (Å²) in [6, 6.07) is 4.10. The third-order valence-electron chi connectivity index (χ3n) is 3.42. The first-order valence-electron chi connectivity index (χ1n) is 6.75. The van der Waals surface area contributed by atoms with Crippen molar-refractivity contribution >= 4 is 21.8 Å². The molecule has 6 heteroatoms. The molecule has 0 radical (unpaired) electrons. The minimum absolute atomic E-state index is 0.0623. The van der Waals surface area contributed by atoms with Crippen LogP contribution in [0.2, 0.25) is 0 Å². The molecule has 1 amide bonds. The van der Waals surface area contributed by atoms with Crippen molar-refractivity contribution in [2.24, 2.45) is 0 Å². The fraction of sp³-hybridized carbons (Fsp3) is 0.500. The highest BCUT2D eigenvalue weighted by Crippen LogP contribution is 2.39. The predicted octanol–water partition coefficient (Wildman–Crippen LogP) is 1.93. The second-order valence-corrected chi connectivity index (χ2v) is 6.05. The first kappa shape index (κ1) is 13.7. The van der Waals surface area contributed by atoms with Crippen molar-refractivity contribution in [3.63, 3.8) is 0 Å². The van der Waals surface area contributed by atoms with Gasteiger partial charge in [-0.25, -0.2) is 0 Å². The summed E-state index contributed by atoms with van der Waals surface area (Å²) in [5.41, 5.74) is 1.05. The lowest BCUT2D eigenvalue weighted by Gasteiger charge is -2.14. The third kappa shape index (κ3) is 3.07. The van der Waals surface area contributed by atoms with Gasteiger partial charge in [-0.3, -0.25) is 4.79 Å². The average molecular weight is 341 g/mol. The second kappa shape index (κ2) is 5.61. The molecule has 1 aromatic carbocycles. The van der Waals surface area contributed by atoms with E-state index in [4.69, 9.17) is 9.47 Å². The lowest BCUT2D eigenvalue weighted by Crippen LogP contribution is -2.42. The Morgan fingerprint density at radius 3 is 3.00 bits per heavy atom. The van der Waals surface area contributed by atoms with Crippen molar-refractivity contribution in [1.82, 2.24) is 10.6 Å². The van der Waals surface area contributed by atoms with Crippen LogP contribution in [0, 0.1) is 0 Å². The van der Waals surface area contributed by atoms with E-state index in [2.05, 4.69) is 26.6 Å². The first-order valence-corrected chi connectivity index (χ1v) is 7.54. The Hall–Kier alpha value is -1.27. The highest BCUT2D eigenvalue weighted by atomic mass is 79.9. The third-order valence-corrected chi connectivity index (χ3v) is 4.01. The van der Waals surface area contributed by atoms with Crippen LogP contribution in [-0.4, -0.2) is 24.8 Å². The number of rotatable bonds is 5.